The topological polar surface area (TPSA) is 37.8 Å². The number of aromatic nitrogens is 2. The van der Waals surface area contributed by atoms with Crippen molar-refractivity contribution in [3.8, 4) is 0 Å². The predicted molar refractivity (Wildman–Crippen MR) is 65.2 cm³/mol. The van der Waals surface area contributed by atoms with Crippen LogP contribution in [0.5, 0.6) is 0 Å². The van der Waals surface area contributed by atoms with E-state index in [1.165, 1.54) is 12.1 Å². The summed E-state index contributed by atoms with van der Waals surface area (Å²) in [5.74, 6) is 0.529. The summed E-state index contributed by atoms with van der Waals surface area (Å²) >= 11 is 0. The molecule has 88 valence electrons. The SMILES string of the molecule is Cc1nccnc1NC(C)c1ccc(F)cc1. The van der Waals surface area contributed by atoms with Crippen LogP contribution in [0.1, 0.15) is 24.2 Å². The Morgan fingerprint density at radius 2 is 1.76 bits per heavy atom. The van der Waals surface area contributed by atoms with Crippen LogP contribution in [0.4, 0.5) is 10.2 Å². The molecule has 1 aromatic heterocycles. The number of aryl methyl sites for hydroxylation is 1. The highest BCUT2D eigenvalue weighted by Gasteiger charge is 2.07. The molecule has 2 aromatic rings. The van der Waals surface area contributed by atoms with Crippen LogP contribution in [0.25, 0.3) is 0 Å². The standard InChI is InChI=1S/C13H14FN3/c1-9(11-3-5-12(14)6-4-11)17-13-10(2)15-7-8-16-13/h3-9H,1-2H3,(H,16,17). The second-order valence-electron chi connectivity index (χ2n) is 3.91. The summed E-state index contributed by atoms with van der Waals surface area (Å²) in [6.07, 6.45) is 3.30. The summed E-state index contributed by atoms with van der Waals surface area (Å²) in [6, 6.07) is 6.50. The van der Waals surface area contributed by atoms with Gasteiger partial charge in [-0.25, -0.2) is 9.37 Å². The number of rotatable bonds is 3. The third-order valence-corrected chi connectivity index (χ3v) is 2.60. The van der Waals surface area contributed by atoms with Crippen molar-refractivity contribution in [2.75, 3.05) is 5.32 Å². The maximum Gasteiger partial charge on any atom is 0.147 e. The van der Waals surface area contributed by atoms with E-state index in [0.717, 1.165) is 17.1 Å². The van der Waals surface area contributed by atoms with Crippen molar-refractivity contribution in [2.45, 2.75) is 19.9 Å². The van der Waals surface area contributed by atoms with Crippen LogP contribution in [0.15, 0.2) is 36.7 Å². The zero-order valence-corrected chi connectivity index (χ0v) is 9.81. The van der Waals surface area contributed by atoms with E-state index in [2.05, 4.69) is 15.3 Å². The molecular formula is C13H14FN3. The number of halogens is 1. The Bertz CT molecular complexity index is 496. The molecule has 0 saturated carbocycles. The number of hydrogen-bond donors (Lipinski definition) is 1. The van der Waals surface area contributed by atoms with Crippen LogP contribution >= 0.6 is 0 Å². The van der Waals surface area contributed by atoms with Gasteiger partial charge in [0.2, 0.25) is 0 Å². The van der Waals surface area contributed by atoms with Crippen molar-refractivity contribution in [1.29, 1.82) is 0 Å². The van der Waals surface area contributed by atoms with Gasteiger partial charge in [0.1, 0.15) is 11.6 Å². The van der Waals surface area contributed by atoms with Gasteiger partial charge >= 0.3 is 0 Å². The van der Waals surface area contributed by atoms with Gasteiger partial charge in [0.25, 0.3) is 0 Å². The van der Waals surface area contributed by atoms with E-state index in [-0.39, 0.29) is 11.9 Å². The molecule has 3 nitrogen and oxygen atoms in total. The van der Waals surface area contributed by atoms with Gasteiger partial charge in [-0.15, -0.1) is 0 Å². The zero-order chi connectivity index (χ0) is 12.3. The highest BCUT2D eigenvalue weighted by molar-refractivity contribution is 5.41. The molecule has 0 saturated heterocycles. The Labute approximate surface area is 99.7 Å². The predicted octanol–water partition coefficient (Wildman–Crippen LogP) is 3.10. The largest absolute Gasteiger partial charge is 0.362 e. The molecule has 0 spiro atoms. The summed E-state index contributed by atoms with van der Waals surface area (Å²) in [5.41, 5.74) is 1.86. The number of anilines is 1. The van der Waals surface area contributed by atoms with E-state index >= 15 is 0 Å². The minimum atomic E-state index is -0.225. The molecule has 0 bridgehead atoms. The molecule has 0 fully saturated rings. The van der Waals surface area contributed by atoms with Crippen molar-refractivity contribution in [1.82, 2.24) is 9.97 Å². The number of nitrogens with one attached hydrogen (secondary N) is 1. The minimum Gasteiger partial charge on any atom is -0.362 e. The average Bonchev–Trinajstić information content (AvgIpc) is 2.33. The van der Waals surface area contributed by atoms with E-state index < -0.39 is 0 Å². The molecule has 2 rings (SSSR count). The van der Waals surface area contributed by atoms with Crippen LogP contribution in [0.2, 0.25) is 0 Å². The lowest BCUT2D eigenvalue weighted by atomic mass is 10.1. The van der Waals surface area contributed by atoms with Gasteiger partial charge in [0.05, 0.1) is 11.7 Å². The molecule has 17 heavy (non-hydrogen) atoms. The molecule has 1 heterocycles. The second-order valence-corrected chi connectivity index (χ2v) is 3.91. The van der Waals surface area contributed by atoms with Crippen LogP contribution in [-0.4, -0.2) is 9.97 Å². The lowest BCUT2D eigenvalue weighted by molar-refractivity contribution is 0.626. The first-order valence-electron chi connectivity index (χ1n) is 5.46. The quantitative estimate of drug-likeness (QED) is 0.882. The summed E-state index contributed by atoms with van der Waals surface area (Å²) in [6.45, 7) is 3.90. The zero-order valence-electron chi connectivity index (χ0n) is 9.81. The van der Waals surface area contributed by atoms with Crippen molar-refractivity contribution in [3.63, 3.8) is 0 Å². The highest BCUT2D eigenvalue weighted by Crippen LogP contribution is 2.19. The van der Waals surface area contributed by atoms with Gasteiger partial charge in [-0.1, -0.05) is 12.1 Å². The normalized spacial score (nSPS) is 12.2. The van der Waals surface area contributed by atoms with E-state index in [1.807, 2.05) is 13.8 Å². The second kappa shape index (κ2) is 4.91. The van der Waals surface area contributed by atoms with Crippen molar-refractivity contribution in [3.05, 3.63) is 53.7 Å². The Morgan fingerprint density at radius 1 is 1.12 bits per heavy atom. The van der Waals surface area contributed by atoms with Crippen LogP contribution in [0.3, 0.4) is 0 Å². The molecule has 1 N–H and O–H groups in total. The van der Waals surface area contributed by atoms with Crippen LogP contribution in [0, 0.1) is 12.7 Å². The maximum atomic E-state index is 12.8. The third-order valence-electron chi connectivity index (χ3n) is 2.60. The molecule has 1 atom stereocenters. The summed E-state index contributed by atoms with van der Waals surface area (Å²) < 4.78 is 12.8. The fourth-order valence-electron chi connectivity index (χ4n) is 1.59. The Balaban J connectivity index is 2.14. The molecule has 0 radical (unpaired) electrons. The molecular weight excluding hydrogens is 217 g/mol. The van der Waals surface area contributed by atoms with Crippen molar-refractivity contribution < 1.29 is 4.39 Å². The van der Waals surface area contributed by atoms with Gasteiger partial charge < -0.3 is 5.32 Å². The first kappa shape index (κ1) is 11.5. The fraction of sp³-hybridized carbons (Fsp3) is 0.231. The third kappa shape index (κ3) is 2.78. The van der Waals surface area contributed by atoms with Crippen LogP contribution in [-0.2, 0) is 0 Å². The van der Waals surface area contributed by atoms with Gasteiger partial charge in [0, 0.05) is 12.4 Å². The lowest BCUT2D eigenvalue weighted by Crippen LogP contribution is -2.09. The van der Waals surface area contributed by atoms with E-state index in [0.29, 0.717) is 0 Å². The maximum absolute atomic E-state index is 12.8. The Kier molecular flexibility index (Phi) is 3.32. The van der Waals surface area contributed by atoms with Crippen LogP contribution < -0.4 is 5.32 Å². The summed E-state index contributed by atoms with van der Waals surface area (Å²) in [7, 11) is 0. The molecule has 0 amide bonds. The fourth-order valence-corrected chi connectivity index (χ4v) is 1.59. The Morgan fingerprint density at radius 3 is 2.41 bits per heavy atom. The van der Waals surface area contributed by atoms with E-state index in [9.17, 15) is 4.39 Å². The number of hydrogen-bond acceptors (Lipinski definition) is 3. The molecule has 0 aliphatic rings. The summed E-state index contributed by atoms with van der Waals surface area (Å²) in [5, 5.41) is 3.25. The monoisotopic (exact) mass is 231 g/mol. The molecule has 1 aromatic carbocycles. The molecule has 0 aliphatic carbocycles. The van der Waals surface area contributed by atoms with Crippen molar-refractivity contribution >= 4 is 5.82 Å². The number of benzene rings is 1. The molecule has 0 aliphatic heterocycles. The highest BCUT2D eigenvalue weighted by atomic mass is 19.1. The average molecular weight is 231 g/mol. The minimum absolute atomic E-state index is 0.0611. The van der Waals surface area contributed by atoms with E-state index in [1.54, 1.807) is 24.5 Å². The Hall–Kier alpha value is -1.97. The van der Waals surface area contributed by atoms with Gasteiger partial charge in [0.15, 0.2) is 0 Å². The first-order valence-corrected chi connectivity index (χ1v) is 5.46. The summed E-state index contributed by atoms with van der Waals surface area (Å²) in [4.78, 5) is 8.37. The lowest BCUT2D eigenvalue weighted by Gasteiger charge is -2.15. The number of nitrogens with zero attached hydrogens (tertiary/aromatic N) is 2. The van der Waals surface area contributed by atoms with Gasteiger partial charge in [-0.3, -0.25) is 4.98 Å². The first-order chi connectivity index (χ1) is 8.16. The van der Waals surface area contributed by atoms with Crippen molar-refractivity contribution in [2.24, 2.45) is 0 Å². The van der Waals surface area contributed by atoms with Gasteiger partial charge in [-0.2, -0.15) is 0 Å². The molecule has 1 unspecified atom stereocenters. The smallest absolute Gasteiger partial charge is 0.147 e. The van der Waals surface area contributed by atoms with Gasteiger partial charge in [-0.05, 0) is 31.5 Å². The molecule has 4 heteroatoms. The van der Waals surface area contributed by atoms with E-state index in [4.69, 9.17) is 0 Å².